The summed E-state index contributed by atoms with van der Waals surface area (Å²) in [6, 6.07) is 11.4. The summed E-state index contributed by atoms with van der Waals surface area (Å²) in [5.74, 6) is -0.153. The number of thiophene rings is 2. The van der Waals surface area contributed by atoms with E-state index < -0.39 is 0 Å². The Morgan fingerprint density at radius 1 is 1.00 bits per heavy atom. The van der Waals surface area contributed by atoms with Crippen molar-refractivity contribution in [3.63, 3.8) is 0 Å². The van der Waals surface area contributed by atoms with Crippen molar-refractivity contribution in [1.82, 2.24) is 0 Å². The third-order valence-electron chi connectivity index (χ3n) is 4.17. The highest BCUT2D eigenvalue weighted by Gasteiger charge is 2.41. The van der Waals surface area contributed by atoms with Crippen LogP contribution in [-0.4, -0.2) is 0 Å². The van der Waals surface area contributed by atoms with Crippen molar-refractivity contribution in [2.45, 2.75) is 18.8 Å². The van der Waals surface area contributed by atoms with Crippen molar-refractivity contribution in [2.75, 3.05) is 0 Å². The Bertz CT molecular complexity index is 741. The van der Waals surface area contributed by atoms with Crippen molar-refractivity contribution < 1.29 is 4.39 Å². The molecule has 0 spiro atoms. The summed E-state index contributed by atoms with van der Waals surface area (Å²) in [6.45, 7) is 2.28. The molecule has 1 aliphatic rings. The molecule has 0 nitrogen and oxygen atoms in total. The van der Waals surface area contributed by atoms with Gasteiger partial charge in [-0.25, -0.2) is 4.39 Å². The van der Waals surface area contributed by atoms with Gasteiger partial charge in [0.05, 0.1) is 0 Å². The molecule has 0 aliphatic heterocycles. The van der Waals surface area contributed by atoms with E-state index in [9.17, 15) is 4.39 Å². The minimum atomic E-state index is -0.153. The fourth-order valence-corrected chi connectivity index (χ4v) is 5.47. The molecule has 20 heavy (non-hydrogen) atoms. The Kier molecular flexibility index (Phi) is 2.63. The van der Waals surface area contributed by atoms with Crippen LogP contribution in [0.15, 0.2) is 47.2 Å². The molecule has 3 aromatic rings. The van der Waals surface area contributed by atoms with Crippen LogP contribution in [0.4, 0.5) is 4.39 Å². The summed E-state index contributed by atoms with van der Waals surface area (Å²) < 4.78 is 13.4. The first-order chi connectivity index (χ1) is 9.68. The predicted octanol–water partition coefficient (Wildman–Crippen LogP) is 5.48. The van der Waals surface area contributed by atoms with Gasteiger partial charge in [0, 0.05) is 15.2 Å². The highest BCUT2D eigenvalue weighted by atomic mass is 32.1. The van der Waals surface area contributed by atoms with Gasteiger partial charge in [-0.2, -0.15) is 0 Å². The van der Waals surface area contributed by atoms with E-state index in [-0.39, 0.29) is 11.2 Å². The summed E-state index contributed by atoms with van der Waals surface area (Å²) in [6.07, 6.45) is 0.845. The lowest BCUT2D eigenvalue weighted by Crippen LogP contribution is -2.23. The Hall–Kier alpha value is -1.45. The smallest absolute Gasteiger partial charge is 0.123 e. The van der Waals surface area contributed by atoms with Crippen LogP contribution >= 0.6 is 22.7 Å². The Morgan fingerprint density at radius 2 is 1.65 bits per heavy atom. The molecule has 0 fully saturated rings. The van der Waals surface area contributed by atoms with Gasteiger partial charge in [0.1, 0.15) is 5.82 Å². The first-order valence-corrected chi connectivity index (χ1v) is 8.35. The highest BCUT2D eigenvalue weighted by Crippen LogP contribution is 2.54. The van der Waals surface area contributed by atoms with Gasteiger partial charge in [-0.3, -0.25) is 0 Å². The quantitative estimate of drug-likeness (QED) is 0.588. The zero-order chi connectivity index (χ0) is 13.7. The third kappa shape index (κ3) is 1.63. The van der Waals surface area contributed by atoms with E-state index in [1.54, 1.807) is 12.1 Å². The van der Waals surface area contributed by atoms with Crippen LogP contribution in [0.5, 0.6) is 0 Å². The molecule has 100 valence electrons. The first-order valence-electron chi connectivity index (χ1n) is 6.59. The zero-order valence-electron chi connectivity index (χ0n) is 11.0. The number of hydrogen-bond donors (Lipinski definition) is 0. The maximum Gasteiger partial charge on any atom is 0.123 e. The molecule has 0 atom stereocenters. The maximum absolute atomic E-state index is 13.4. The first kappa shape index (κ1) is 12.3. The molecular formula is C17H13FS2. The zero-order valence-corrected chi connectivity index (χ0v) is 12.7. The summed E-state index contributed by atoms with van der Waals surface area (Å²) in [7, 11) is 0. The van der Waals surface area contributed by atoms with Crippen LogP contribution in [0.2, 0.25) is 0 Å². The van der Waals surface area contributed by atoms with Crippen molar-refractivity contribution in [2.24, 2.45) is 0 Å². The third-order valence-corrected chi connectivity index (χ3v) is 6.17. The van der Waals surface area contributed by atoms with E-state index >= 15 is 0 Å². The lowest BCUT2D eigenvalue weighted by atomic mass is 9.76. The topological polar surface area (TPSA) is 0 Å². The van der Waals surface area contributed by atoms with Gasteiger partial charge in [-0.1, -0.05) is 19.1 Å². The second-order valence-corrected chi connectivity index (χ2v) is 7.30. The van der Waals surface area contributed by atoms with Crippen molar-refractivity contribution in [3.8, 4) is 9.75 Å². The standard InChI is InChI=1S/C17H13FS2/c1-17(10-11-3-2-4-12(18)9-11)13-5-7-19-15(13)16-14(17)6-8-20-16/h2-9H,10H2,1H3. The monoisotopic (exact) mass is 300 g/mol. The van der Waals surface area contributed by atoms with E-state index in [1.807, 2.05) is 28.7 Å². The number of hydrogen-bond acceptors (Lipinski definition) is 2. The minimum Gasteiger partial charge on any atom is -0.207 e. The molecule has 2 aromatic heterocycles. The summed E-state index contributed by atoms with van der Waals surface area (Å²) in [5, 5.41) is 4.33. The minimum absolute atomic E-state index is 0.0293. The molecule has 3 heteroatoms. The SMILES string of the molecule is CC1(Cc2cccc(F)c2)c2ccsc2-c2sccc21. The fourth-order valence-electron chi connectivity index (χ4n) is 3.23. The second-order valence-electron chi connectivity index (χ2n) is 5.47. The number of benzene rings is 1. The molecule has 1 aromatic carbocycles. The average molecular weight is 300 g/mol. The van der Waals surface area contributed by atoms with Gasteiger partial charge in [-0.15, -0.1) is 22.7 Å². The Morgan fingerprint density at radius 3 is 2.25 bits per heavy atom. The van der Waals surface area contributed by atoms with Crippen LogP contribution in [-0.2, 0) is 11.8 Å². The summed E-state index contributed by atoms with van der Waals surface area (Å²) in [4.78, 5) is 2.79. The van der Waals surface area contributed by atoms with Gasteiger partial charge < -0.3 is 0 Å². The van der Waals surface area contributed by atoms with E-state index in [4.69, 9.17) is 0 Å². The van der Waals surface area contributed by atoms with Gasteiger partial charge in [-0.05, 0) is 58.1 Å². The fraction of sp³-hybridized carbons (Fsp3) is 0.176. The lowest BCUT2D eigenvalue weighted by molar-refractivity contribution is 0.577. The molecule has 0 N–H and O–H groups in total. The maximum atomic E-state index is 13.4. The lowest BCUT2D eigenvalue weighted by Gasteiger charge is -2.26. The summed E-state index contributed by atoms with van der Waals surface area (Å²) >= 11 is 3.62. The van der Waals surface area contributed by atoms with Crippen molar-refractivity contribution in [1.29, 1.82) is 0 Å². The largest absolute Gasteiger partial charge is 0.207 e. The van der Waals surface area contributed by atoms with E-state index in [0.29, 0.717) is 0 Å². The second kappa shape index (κ2) is 4.27. The molecule has 4 rings (SSSR count). The van der Waals surface area contributed by atoms with Gasteiger partial charge in [0.15, 0.2) is 0 Å². The number of rotatable bonds is 2. The molecule has 0 unspecified atom stereocenters. The molecular weight excluding hydrogens is 287 g/mol. The van der Waals surface area contributed by atoms with Crippen LogP contribution in [0.1, 0.15) is 23.6 Å². The Labute approximate surface area is 125 Å². The van der Waals surface area contributed by atoms with Crippen molar-refractivity contribution >= 4 is 22.7 Å². The number of fused-ring (bicyclic) bond motifs is 3. The van der Waals surface area contributed by atoms with Gasteiger partial charge in [0.25, 0.3) is 0 Å². The van der Waals surface area contributed by atoms with Gasteiger partial charge >= 0.3 is 0 Å². The van der Waals surface area contributed by atoms with Crippen LogP contribution in [0.25, 0.3) is 9.75 Å². The predicted molar refractivity (Wildman–Crippen MR) is 84.2 cm³/mol. The molecule has 0 amide bonds. The van der Waals surface area contributed by atoms with E-state index in [1.165, 1.54) is 26.9 Å². The molecule has 1 aliphatic carbocycles. The van der Waals surface area contributed by atoms with Crippen LogP contribution < -0.4 is 0 Å². The van der Waals surface area contributed by atoms with Crippen LogP contribution in [0, 0.1) is 5.82 Å². The number of halogens is 1. The van der Waals surface area contributed by atoms with Gasteiger partial charge in [0.2, 0.25) is 0 Å². The van der Waals surface area contributed by atoms with Crippen LogP contribution in [0.3, 0.4) is 0 Å². The van der Waals surface area contributed by atoms with E-state index in [0.717, 1.165) is 12.0 Å². The molecule has 0 radical (unpaired) electrons. The van der Waals surface area contributed by atoms with Crippen molar-refractivity contribution in [3.05, 3.63) is 69.7 Å². The normalized spacial score (nSPS) is 15.1. The molecule has 0 bridgehead atoms. The molecule has 0 saturated heterocycles. The molecule has 2 heterocycles. The van der Waals surface area contributed by atoms with E-state index in [2.05, 4.69) is 29.8 Å². The molecule has 0 saturated carbocycles. The summed E-state index contributed by atoms with van der Waals surface area (Å²) in [5.41, 5.74) is 3.82. The Balaban J connectivity index is 1.85. The highest BCUT2D eigenvalue weighted by molar-refractivity contribution is 7.21. The average Bonchev–Trinajstić information content (AvgIpc) is 3.10.